The van der Waals surface area contributed by atoms with Crippen LogP contribution < -0.4 is 16.4 Å². The molecule has 0 aliphatic heterocycles. The molecule has 0 saturated carbocycles. The minimum absolute atomic E-state index is 0.0740. The normalized spacial score (nSPS) is 12.0. The van der Waals surface area contributed by atoms with Crippen molar-refractivity contribution in [3.63, 3.8) is 0 Å². The lowest BCUT2D eigenvalue weighted by Gasteiger charge is -2.20. The summed E-state index contributed by atoms with van der Waals surface area (Å²) in [5, 5.41) is 14.1. The van der Waals surface area contributed by atoms with Gasteiger partial charge in [0.05, 0.1) is 0 Å². The standard InChI is InChI=1S/C15H23N3O3/c1-10(2)13(18-15(16)21)14(20)17-12-7-3-5-11(9-12)6-4-8-19/h3,5,7,9-10,13,19H,4,6,8H2,1-2H3,(H,17,20)(H3,16,18,21). The number of amides is 3. The molecule has 0 bridgehead atoms. The Bertz CT molecular complexity index is 489. The summed E-state index contributed by atoms with van der Waals surface area (Å²) < 4.78 is 0. The molecule has 3 amide bonds. The van der Waals surface area contributed by atoms with Gasteiger partial charge in [-0.1, -0.05) is 26.0 Å². The van der Waals surface area contributed by atoms with E-state index in [2.05, 4.69) is 10.6 Å². The van der Waals surface area contributed by atoms with Crippen molar-refractivity contribution in [1.29, 1.82) is 0 Å². The van der Waals surface area contributed by atoms with Gasteiger partial charge in [0.15, 0.2) is 0 Å². The third kappa shape index (κ3) is 5.83. The highest BCUT2D eigenvalue weighted by atomic mass is 16.3. The second kappa shape index (κ2) is 8.26. The molecule has 1 aromatic rings. The van der Waals surface area contributed by atoms with Gasteiger partial charge in [0.25, 0.3) is 0 Å². The molecule has 6 nitrogen and oxygen atoms in total. The van der Waals surface area contributed by atoms with Gasteiger partial charge in [0, 0.05) is 12.3 Å². The summed E-state index contributed by atoms with van der Waals surface area (Å²) in [6.45, 7) is 3.80. The van der Waals surface area contributed by atoms with E-state index in [0.29, 0.717) is 12.1 Å². The number of aliphatic hydroxyl groups excluding tert-OH is 1. The predicted octanol–water partition coefficient (Wildman–Crippen LogP) is 1.24. The fraction of sp³-hybridized carbons (Fsp3) is 0.467. The van der Waals surface area contributed by atoms with E-state index in [-0.39, 0.29) is 18.4 Å². The number of carbonyl (C=O) groups is 2. The summed E-state index contributed by atoms with van der Waals surface area (Å²) in [7, 11) is 0. The maximum Gasteiger partial charge on any atom is 0.312 e. The second-order valence-corrected chi connectivity index (χ2v) is 5.25. The fourth-order valence-electron chi connectivity index (χ4n) is 2.00. The zero-order chi connectivity index (χ0) is 15.8. The smallest absolute Gasteiger partial charge is 0.312 e. The van der Waals surface area contributed by atoms with Gasteiger partial charge in [-0.2, -0.15) is 0 Å². The van der Waals surface area contributed by atoms with Crippen molar-refractivity contribution in [3.05, 3.63) is 29.8 Å². The first-order chi connectivity index (χ1) is 9.93. The van der Waals surface area contributed by atoms with Crippen LogP contribution in [0.25, 0.3) is 0 Å². The molecule has 0 aliphatic carbocycles. The molecule has 0 spiro atoms. The molecular weight excluding hydrogens is 270 g/mol. The van der Waals surface area contributed by atoms with E-state index >= 15 is 0 Å². The Morgan fingerprint density at radius 3 is 2.62 bits per heavy atom. The average molecular weight is 293 g/mol. The van der Waals surface area contributed by atoms with Gasteiger partial charge in [-0.3, -0.25) is 4.79 Å². The minimum Gasteiger partial charge on any atom is -0.396 e. The molecular formula is C15H23N3O3. The number of benzene rings is 1. The SMILES string of the molecule is CC(C)C(NC(N)=O)C(=O)Nc1cccc(CCCO)c1. The maximum atomic E-state index is 12.2. The molecule has 1 rings (SSSR count). The number of nitrogens with one attached hydrogen (secondary N) is 2. The van der Waals surface area contributed by atoms with E-state index in [4.69, 9.17) is 10.8 Å². The van der Waals surface area contributed by atoms with Gasteiger partial charge < -0.3 is 21.5 Å². The number of urea groups is 1. The molecule has 1 unspecified atom stereocenters. The van der Waals surface area contributed by atoms with Crippen molar-refractivity contribution in [2.45, 2.75) is 32.7 Å². The molecule has 0 aliphatic rings. The first-order valence-corrected chi connectivity index (χ1v) is 7.00. The predicted molar refractivity (Wildman–Crippen MR) is 81.8 cm³/mol. The molecule has 21 heavy (non-hydrogen) atoms. The van der Waals surface area contributed by atoms with Crippen molar-refractivity contribution >= 4 is 17.6 Å². The Labute approximate surface area is 124 Å². The van der Waals surface area contributed by atoms with Crippen LogP contribution in [0.1, 0.15) is 25.8 Å². The number of hydrogen-bond donors (Lipinski definition) is 4. The first kappa shape index (κ1) is 17.0. The summed E-state index contributed by atoms with van der Waals surface area (Å²) in [5.41, 5.74) is 6.78. The second-order valence-electron chi connectivity index (χ2n) is 5.25. The molecule has 0 saturated heterocycles. The number of anilines is 1. The summed E-state index contributed by atoms with van der Waals surface area (Å²) in [5.74, 6) is -0.377. The minimum atomic E-state index is -0.722. The van der Waals surface area contributed by atoms with Gasteiger partial charge in [0.2, 0.25) is 5.91 Å². The average Bonchev–Trinajstić information content (AvgIpc) is 2.42. The fourth-order valence-corrected chi connectivity index (χ4v) is 2.00. The Kier molecular flexibility index (Phi) is 6.68. The summed E-state index contributed by atoms with van der Waals surface area (Å²) in [4.78, 5) is 23.1. The number of aryl methyl sites for hydroxylation is 1. The molecule has 0 heterocycles. The number of nitrogens with two attached hydrogens (primary N) is 1. The van der Waals surface area contributed by atoms with Crippen LogP contribution in [-0.4, -0.2) is 29.7 Å². The topological polar surface area (TPSA) is 104 Å². The van der Waals surface area contributed by atoms with E-state index in [1.807, 2.05) is 32.0 Å². The van der Waals surface area contributed by atoms with Crippen molar-refractivity contribution in [1.82, 2.24) is 5.32 Å². The highest BCUT2D eigenvalue weighted by molar-refractivity contribution is 5.97. The lowest BCUT2D eigenvalue weighted by atomic mass is 10.0. The van der Waals surface area contributed by atoms with Crippen LogP contribution in [0, 0.1) is 5.92 Å². The van der Waals surface area contributed by atoms with E-state index in [0.717, 1.165) is 12.0 Å². The van der Waals surface area contributed by atoms with Crippen LogP contribution in [0.4, 0.5) is 10.5 Å². The van der Waals surface area contributed by atoms with Crippen molar-refractivity contribution in [2.75, 3.05) is 11.9 Å². The maximum absolute atomic E-state index is 12.2. The van der Waals surface area contributed by atoms with Gasteiger partial charge in [-0.15, -0.1) is 0 Å². The van der Waals surface area contributed by atoms with E-state index < -0.39 is 12.1 Å². The Hall–Kier alpha value is -2.08. The summed E-state index contributed by atoms with van der Waals surface area (Å²) >= 11 is 0. The number of carbonyl (C=O) groups excluding carboxylic acids is 2. The van der Waals surface area contributed by atoms with Crippen LogP contribution in [0.5, 0.6) is 0 Å². The highest BCUT2D eigenvalue weighted by Crippen LogP contribution is 2.14. The number of primary amides is 1. The molecule has 0 aromatic heterocycles. The number of aliphatic hydroxyl groups is 1. The van der Waals surface area contributed by atoms with Crippen LogP contribution in [0.2, 0.25) is 0 Å². The first-order valence-electron chi connectivity index (χ1n) is 7.00. The molecule has 0 radical (unpaired) electrons. The van der Waals surface area contributed by atoms with Gasteiger partial charge in [0.1, 0.15) is 6.04 Å². The van der Waals surface area contributed by atoms with Gasteiger partial charge >= 0.3 is 6.03 Å². The molecule has 116 valence electrons. The molecule has 1 atom stereocenters. The van der Waals surface area contributed by atoms with Crippen LogP contribution >= 0.6 is 0 Å². The largest absolute Gasteiger partial charge is 0.396 e. The lowest BCUT2D eigenvalue weighted by Crippen LogP contribution is -2.49. The van der Waals surface area contributed by atoms with Crippen molar-refractivity contribution in [3.8, 4) is 0 Å². The van der Waals surface area contributed by atoms with E-state index in [1.165, 1.54) is 0 Å². The van der Waals surface area contributed by atoms with Crippen LogP contribution in [0.15, 0.2) is 24.3 Å². The lowest BCUT2D eigenvalue weighted by molar-refractivity contribution is -0.118. The van der Waals surface area contributed by atoms with Gasteiger partial charge in [-0.25, -0.2) is 4.79 Å². The Morgan fingerprint density at radius 2 is 2.05 bits per heavy atom. The highest BCUT2D eigenvalue weighted by Gasteiger charge is 2.23. The zero-order valence-corrected chi connectivity index (χ0v) is 12.4. The zero-order valence-electron chi connectivity index (χ0n) is 12.4. The van der Waals surface area contributed by atoms with E-state index in [9.17, 15) is 9.59 Å². The molecule has 1 aromatic carbocycles. The molecule has 6 heteroatoms. The Morgan fingerprint density at radius 1 is 1.33 bits per heavy atom. The monoisotopic (exact) mass is 293 g/mol. The molecule has 5 N–H and O–H groups in total. The van der Waals surface area contributed by atoms with E-state index in [1.54, 1.807) is 6.07 Å². The van der Waals surface area contributed by atoms with Crippen molar-refractivity contribution in [2.24, 2.45) is 11.7 Å². The summed E-state index contributed by atoms with van der Waals surface area (Å²) in [6, 6.07) is 6.02. The quantitative estimate of drug-likeness (QED) is 0.608. The number of hydrogen-bond acceptors (Lipinski definition) is 3. The van der Waals surface area contributed by atoms with Crippen LogP contribution in [0.3, 0.4) is 0 Å². The summed E-state index contributed by atoms with van der Waals surface area (Å²) in [6.07, 6.45) is 1.42. The third-order valence-corrected chi connectivity index (χ3v) is 3.06. The van der Waals surface area contributed by atoms with Crippen LogP contribution in [-0.2, 0) is 11.2 Å². The Balaban J connectivity index is 2.74. The van der Waals surface area contributed by atoms with Gasteiger partial charge in [-0.05, 0) is 36.5 Å². The third-order valence-electron chi connectivity index (χ3n) is 3.06. The number of rotatable bonds is 7. The molecule has 0 fully saturated rings. The van der Waals surface area contributed by atoms with Crippen molar-refractivity contribution < 1.29 is 14.7 Å².